The first-order chi connectivity index (χ1) is 8.89. The van der Waals surface area contributed by atoms with Crippen LogP contribution in [0.1, 0.15) is 30.0 Å². The predicted octanol–water partition coefficient (Wildman–Crippen LogP) is 3.89. The Morgan fingerprint density at radius 2 is 1.89 bits per heavy atom. The smallest absolute Gasteiger partial charge is 0.381 e. The molecule has 106 valence electrons. The summed E-state index contributed by atoms with van der Waals surface area (Å²) in [5.41, 5.74) is 5.56. The molecule has 0 aromatic heterocycles. The zero-order chi connectivity index (χ0) is 14.0. The Morgan fingerprint density at radius 3 is 2.47 bits per heavy atom. The second kappa shape index (κ2) is 5.81. The van der Waals surface area contributed by atoms with Crippen molar-refractivity contribution in [2.24, 2.45) is 11.7 Å². The number of nitrogens with two attached hydrogens (primary N) is 1. The third kappa shape index (κ3) is 3.49. The van der Waals surface area contributed by atoms with E-state index in [1.807, 2.05) is 0 Å². The highest BCUT2D eigenvalue weighted by Crippen LogP contribution is 2.39. The molecule has 1 aliphatic heterocycles. The van der Waals surface area contributed by atoms with E-state index in [1.165, 1.54) is 6.07 Å². The molecular weight excluding hydrogens is 323 g/mol. The van der Waals surface area contributed by atoms with Gasteiger partial charge in [0, 0.05) is 23.7 Å². The monoisotopic (exact) mass is 337 g/mol. The maximum Gasteiger partial charge on any atom is 0.416 e. The standard InChI is InChI=1S/C13H15BrF3NO/c14-9-1-2-10(11(7-9)13(15,16)17)12(18)8-3-5-19-6-4-8/h1-2,7-8,12H,3-6,18H2. The molecular formula is C13H15BrF3NO. The molecule has 1 aromatic rings. The van der Waals surface area contributed by atoms with Crippen molar-refractivity contribution in [1.29, 1.82) is 0 Å². The maximum atomic E-state index is 13.1. The summed E-state index contributed by atoms with van der Waals surface area (Å²) in [4.78, 5) is 0. The fourth-order valence-corrected chi connectivity index (χ4v) is 2.75. The molecule has 1 unspecified atom stereocenters. The van der Waals surface area contributed by atoms with Gasteiger partial charge in [-0.15, -0.1) is 0 Å². The first-order valence-electron chi connectivity index (χ1n) is 6.09. The van der Waals surface area contributed by atoms with Crippen molar-refractivity contribution < 1.29 is 17.9 Å². The lowest BCUT2D eigenvalue weighted by Gasteiger charge is -2.29. The van der Waals surface area contributed by atoms with E-state index < -0.39 is 17.8 Å². The fraction of sp³-hybridized carbons (Fsp3) is 0.538. The molecule has 19 heavy (non-hydrogen) atoms. The number of alkyl halides is 3. The van der Waals surface area contributed by atoms with Crippen molar-refractivity contribution >= 4 is 15.9 Å². The van der Waals surface area contributed by atoms with Crippen LogP contribution in [0.3, 0.4) is 0 Å². The van der Waals surface area contributed by atoms with Crippen LogP contribution in [0.2, 0.25) is 0 Å². The Balaban J connectivity index is 2.32. The molecule has 2 nitrogen and oxygen atoms in total. The van der Waals surface area contributed by atoms with E-state index >= 15 is 0 Å². The van der Waals surface area contributed by atoms with Crippen molar-refractivity contribution in [3.05, 3.63) is 33.8 Å². The van der Waals surface area contributed by atoms with Gasteiger partial charge in [-0.3, -0.25) is 0 Å². The molecule has 0 amide bonds. The predicted molar refractivity (Wildman–Crippen MR) is 69.6 cm³/mol. The molecule has 0 saturated carbocycles. The Morgan fingerprint density at radius 1 is 1.26 bits per heavy atom. The van der Waals surface area contributed by atoms with Gasteiger partial charge in [-0.2, -0.15) is 13.2 Å². The zero-order valence-electron chi connectivity index (χ0n) is 10.2. The quantitative estimate of drug-likeness (QED) is 0.888. The maximum absolute atomic E-state index is 13.1. The van der Waals surface area contributed by atoms with Crippen molar-refractivity contribution in [1.82, 2.24) is 0 Å². The van der Waals surface area contributed by atoms with Crippen molar-refractivity contribution in [2.75, 3.05) is 13.2 Å². The van der Waals surface area contributed by atoms with Crippen LogP contribution in [0, 0.1) is 5.92 Å². The number of rotatable bonds is 2. The summed E-state index contributed by atoms with van der Waals surface area (Å²) in [7, 11) is 0. The van der Waals surface area contributed by atoms with Crippen LogP contribution in [-0.4, -0.2) is 13.2 Å². The summed E-state index contributed by atoms with van der Waals surface area (Å²) in [6, 6.07) is 3.55. The van der Waals surface area contributed by atoms with Crippen LogP contribution in [0.5, 0.6) is 0 Å². The van der Waals surface area contributed by atoms with Crippen LogP contribution in [0.4, 0.5) is 13.2 Å². The van der Waals surface area contributed by atoms with Gasteiger partial charge in [-0.05, 0) is 36.5 Å². The second-order valence-electron chi connectivity index (χ2n) is 4.70. The molecule has 1 aromatic carbocycles. The summed E-state index contributed by atoms with van der Waals surface area (Å²) in [6.45, 7) is 1.13. The highest BCUT2D eigenvalue weighted by molar-refractivity contribution is 9.10. The Labute approximate surface area is 118 Å². The number of ether oxygens (including phenoxy) is 1. The van der Waals surface area contributed by atoms with Crippen LogP contribution in [0.25, 0.3) is 0 Å². The largest absolute Gasteiger partial charge is 0.416 e. The summed E-state index contributed by atoms with van der Waals surface area (Å²) >= 11 is 3.07. The summed E-state index contributed by atoms with van der Waals surface area (Å²) < 4.78 is 44.8. The van der Waals surface area contributed by atoms with Gasteiger partial charge in [0.1, 0.15) is 0 Å². The topological polar surface area (TPSA) is 35.2 Å². The molecule has 1 heterocycles. The van der Waals surface area contributed by atoms with Gasteiger partial charge in [-0.1, -0.05) is 22.0 Å². The number of benzene rings is 1. The average molecular weight is 338 g/mol. The van der Waals surface area contributed by atoms with Gasteiger partial charge in [0.2, 0.25) is 0 Å². The van der Waals surface area contributed by atoms with Gasteiger partial charge in [0.15, 0.2) is 0 Å². The molecule has 1 saturated heterocycles. The Bertz CT molecular complexity index is 444. The molecule has 1 atom stereocenters. The van der Waals surface area contributed by atoms with Gasteiger partial charge >= 0.3 is 6.18 Å². The summed E-state index contributed by atoms with van der Waals surface area (Å²) in [5, 5.41) is 0. The number of halogens is 4. The fourth-order valence-electron chi connectivity index (χ4n) is 2.39. The lowest BCUT2D eigenvalue weighted by atomic mass is 9.85. The van der Waals surface area contributed by atoms with Crippen LogP contribution in [0.15, 0.2) is 22.7 Å². The van der Waals surface area contributed by atoms with Crippen LogP contribution < -0.4 is 5.73 Å². The third-order valence-electron chi connectivity index (χ3n) is 3.45. The third-order valence-corrected chi connectivity index (χ3v) is 3.95. The van der Waals surface area contributed by atoms with Gasteiger partial charge in [0.05, 0.1) is 5.56 Å². The van der Waals surface area contributed by atoms with Crippen molar-refractivity contribution in [3.8, 4) is 0 Å². The van der Waals surface area contributed by atoms with E-state index in [9.17, 15) is 13.2 Å². The van der Waals surface area contributed by atoms with Gasteiger partial charge < -0.3 is 10.5 Å². The van der Waals surface area contributed by atoms with Crippen molar-refractivity contribution in [2.45, 2.75) is 25.1 Å². The molecule has 0 spiro atoms. The van der Waals surface area contributed by atoms with E-state index in [4.69, 9.17) is 10.5 Å². The normalized spacial score (nSPS) is 19.4. The molecule has 0 aliphatic carbocycles. The lowest BCUT2D eigenvalue weighted by Crippen LogP contribution is -2.29. The number of hydrogen-bond acceptors (Lipinski definition) is 2. The Kier molecular flexibility index (Phi) is 4.53. The molecule has 2 rings (SSSR count). The Hall–Kier alpha value is -0.590. The van der Waals surface area contributed by atoms with Gasteiger partial charge in [-0.25, -0.2) is 0 Å². The minimum absolute atomic E-state index is 0.0380. The molecule has 0 bridgehead atoms. The van der Waals surface area contributed by atoms with E-state index in [2.05, 4.69) is 15.9 Å². The molecule has 1 aliphatic rings. The zero-order valence-corrected chi connectivity index (χ0v) is 11.8. The first-order valence-corrected chi connectivity index (χ1v) is 6.89. The first kappa shape index (κ1) is 14.8. The van der Waals surface area contributed by atoms with E-state index in [1.54, 1.807) is 6.07 Å². The van der Waals surface area contributed by atoms with E-state index in [0.717, 1.165) is 6.07 Å². The molecule has 0 radical (unpaired) electrons. The summed E-state index contributed by atoms with van der Waals surface area (Å²) in [6.07, 6.45) is -2.98. The SMILES string of the molecule is NC(c1ccc(Br)cc1C(F)(F)F)C1CCOCC1. The summed E-state index contributed by atoms with van der Waals surface area (Å²) in [5.74, 6) is 0.0380. The minimum Gasteiger partial charge on any atom is -0.381 e. The highest BCUT2D eigenvalue weighted by Gasteiger charge is 2.36. The lowest BCUT2D eigenvalue weighted by molar-refractivity contribution is -0.138. The van der Waals surface area contributed by atoms with Crippen molar-refractivity contribution in [3.63, 3.8) is 0 Å². The highest BCUT2D eigenvalue weighted by atomic mass is 79.9. The van der Waals surface area contributed by atoms with Gasteiger partial charge in [0.25, 0.3) is 0 Å². The second-order valence-corrected chi connectivity index (χ2v) is 5.62. The van der Waals surface area contributed by atoms with E-state index in [0.29, 0.717) is 30.5 Å². The number of hydrogen-bond donors (Lipinski definition) is 1. The molecule has 6 heteroatoms. The minimum atomic E-state index is -4.39. The van der Waals surface area contributed by atoms with Crippen LogP contribution >= 0.6 is 15.9 Å². The van der Waals surface area contributed by atoms with Crippen LogP contribution in [-0.2, 0) is 10.9 Å². The van der Waals surface area contributed by atoms with E-state index in [-0.39, 0.29) is 11.5 Å². The average Bonchev–Trinajstić information content (AvgIpc) is 2.38. The molecule has 2 N–H and O–H groups in total. The molecule has 1 fully saturated rings.